The first-order valence-electron chi connectivity index (χ1n) is 8.20. The maximum absolute atomic E-state index is 12.4. The molecule has 1 rings (SSSR count). The van der Waals surface area contributed by atoms with E-state index in [1.165, 1.54) is 11.0 Å². The van der Waals surface area contributed by atoms with Crippen molar-refractivity contribution in [1.82, 2.24) is 10.2 Å². The number of amides is 2. The summed E-state index contributed by atoms with van der Waals surface area (Å²) >= 11 is 0. The lowest BCUT2D eigenvalue weighted by atomic mass is 10.00. The van der Waals surface area contributed by atoms with Gasteiger partial charge in [-0.15, -0.1) is 0 Å². The molecule has 2 amide bonds. The summed E-state index contributed by atoms with van der Waals surface area (Å²) in [6.07, 6.45) is 3.18. The second-order valence-corrected chi connectivity index (χ2v) is 7.42. The largest absolute Gasteiger partial charge is 0.478 e. The smallest absolute Gasteiger partial charge is 0.410 e. The summed E-state index contributed by atoms with van der Waals surface area (Å²) < 4.78 is 5.29. The highest BCUT2D eigenvalue weighted by molar-refractivity contribution is 5.88. The Hall–Kier alpha value is -2.05. The minimum atomic E-state index is -1.06. The van der Waals surface area contributed by atoms with E-state index in [1.807, 2.05) is 13.8 Å². The predicted octanol–water partition coefficient (Wildman–Crippen LogP) is 2.17. The van der Waals surface area contributed by atoms with E-state index in [4.69, 9.17) is 9.84 Å². The van der Waals surface area contributed by atoms with E-state index in [0.29, 0.717) is 19.4 Å². The van der Waals surface area contributed by atoms with Crippen molar-refractivity contribution in [3.63, 3.8) is 0 Å². The van der Waals surface area contributed by atoms with E-state index in [9.17, 15) is 14.4 Å². The molecule has 7 heteroatoms. The Morgan fingerprint density at radius 3 is 2.38 bits per heavy atom. The number of nitrogens with one attached hydrogen (secondary N) is 1. The second-order valence-electron chi connectivity index (χ2n) is 7.42. The molecule has 1 aliphatic rings. The van der Waals surface area contributed by atoms with E-state index in [0.717, 1.165) is 6.08 Å². The van der Waals surface area contributed by atoms with Crippen LogP contribution in [0, 0.1) is 5.92 Å². The van der Waals surface area contributed by atoms with E-state index in [-0.39, 0.29) is 17.9 Å². The summed E-state index contributed by atoms with van der Waals surface area (Å²) in [5, 5.41) is 11.6. The van der Waals surface area contributed by atoms with Gasteiger partial charge in [-0.1, -0.05) is 19.9 Å². The lowest BCUT2D eigenvalue weighted by Crippen LogP contribution is -2.60. The minimum Gasteiger partial charge on any atom is -0.478 e. The van der Waals surface area contributed by atoms with E-state index < -0.39 is 23.7 Å². The molecule has 0 aromatic rings. The van der Waals surface area contributed by atoms with Crippen LogP contribution in [0.1, 0.15) is 47.5 Å². The van der Waals surface area contributed by atoms with Gasteiger partial charge in [-0.05, 0) is 39.5 Å². The van der Waals surface area contributed by atoms with Crippen LogP contribution in [0.15, 0.2) is 12.2 Å². The van der Waals surface area contributed by atoms with Crippen molar-refractivity contribution in [2.45, 2.75) is 65.1 Å². The monoisotopic (exact) mass is 340 g/mol. The van der Waals surface area contributed by atoms with E-state index >= 15 is 0 Å². The number of carbonyl (C=O) groups is 3. The number of carbonyl (C=O) groups excluding carboxylic acids is 2. The average molecular weight is 340 g/mol. The molecule has 0 aromatic heterocycles. The lowest BCUT2D eigenvalue weighted by molar-refractivity contribution is -0.132. The quantitative estimate of drug-likeness (QED) is 0.722. The number of aliphatic carboxylic acids is 1. The summed E-state index contributed by atoms with van der Waals surface area (Å²) in [6.45, 7) is 9.78. The third-order valence-corrected chi connectivity index (χ3v) is 3.47. The zero-order valence-corrected chi connectivity index (χ0v) is 15.0. The molecule has 0 radical (unpaired) electrons. The number of carboxylic acid groups (broad SMARTS) is 1. The maximum atomic E-state index is 12.4. The standard InChI is InChI=1S/C17H28N2O5/c1-11(2)10-12(6-7-14(20)21)18-15(22)13-8-9-19(13)16(23)24-17(3,4)5/h6-7,11-13H,8-10H2,1-5H3,(H,18,22)(H,20,21)/b7-6+/t12-,13?/m1/s1. The summed E-state index contributed by atoms with van der Waals surface area (Å²) in [5.41, 5.74) is -0.613. The number of ether oxygens (including phenoxy) is 1. The van der Waals surface area contributed by atoms with Gasteiger partial charge in [0.15, 0.2) is 0 Å². The van der Waals surface area contributed by atoms with Crippen LogP contribution in [-0.2, 0) is 14.3 Å². The normalized spacial score (nSPS) is 19.1. The molecular formula is C17H28N2O5. The van der Waals surface area contributed by atoms with E-state index in [2.05, 4.69) is 5.32 Å². The van der Waals surface area contributed by atoms with Gasteiger partial charge in [0.05, 0.1) is 0 Å². The molecule has 0 saturated carbocycles. The highest BCUT2D eigenvalue weighted by atomic mass is 16.6. The molecule has 24 heavy (non-hydrogen) atoms. The first-order valence-corrected chi connectivity index (χ1v) is 8.20. The number of carboxylic acids is 1. The molecule has 1 saturated heterocycles. The number of rotatable bonds is 6. The van der Waals surface area contributed by atoms with Gasteiger partial charge in [0.25, 0.3) is 0 Å². The third-order valence-electron chi connectivity index (χ3n) is 3.47. The van der Waals surface area contributed by atoms with Gasteiger partial charge in [-0.2, -0.15) is 0 Å². The zero-order chi connectivity index (χ0) is 18.5. The summed E-state index contributed by atoms with van der Waals surface area (Å²) in [7, 11) is 0. The molecule has 1 unspecified atom stereocenters. The van der Waals surface area contributed by atoms with Crippen LogP contribution < -0.4 is 5.32 Å². The number of hydrogen-bond donors (Lipinski definition) is 2. The molecule has 0 aromatic carbocycles. The van der Waals surface area contributed by atoms with Crippen LogP contribution >= 0.6 is 0 Å². The van der Waals surface area contributed by atoms with Gasteiger partial charge in [-0.25, -0.2) is 9.59 Å². The molecule has 1 fully saturated rings. The zero-order valence-electron chi connectivity index (χ0n) is 15.0. The van der Waals surface area contributed by atoms with Crippen molar-refractivity contribution in [2.24, 2.45) is 5.92 Å². The van der Waals surface area contributed by atoms with Crippen molar-refractivity contribution in [2.75, 3.05) is 6.54 Å². The number of nitrogens with zero attached hydrogens (tertiary/aromatic N) is 1. The Morgan fingerprint density at radius 1 is 1.33 bits per heavy atom. The molecule has 2 N–H and O–H groups in total. The fraction of sp³-hybridized carbons (Fsp3) is 0.706. The molecule has 0 aliphatic carbocycles. The Morgan fingerprint density at radius 2 is 1.96 bits per heavy atom. The van der Waals surface area contributed by atoms with Gasteiger partial charge < -0.3 is 15.2 Å². The molecule has 0 spiro atoms. The topological polar surface area (TPSA) is 95.9 Å². The van der Waals surface area contributed by atoms with Crippen LogP contribution in [0.5, 0.6) is 0 Å². The first-order chi connectivity index (χ1) is 11.0. The molecule has 136 valence electrons. The second kappa shape index (κ2) is 8.17. The Balaban J connectivity index is 2.66. The van der Waals surface area contributed by atoms with Gasteiger partial charge in [0.2, 0.25) is 5.91 Å². The summed E-state index contributed by atoms with van der Waals surface area (Å²) in [4.78, 5) is 36.5. The van der Waals surface area contributed by atoms with Gasteiger partial charge in [-0.3, -0.25) is 9.69 Å². The highest BCUT2D eigenvalue weighted by Gasteiger charge is 2.40. The molecule has 1 aliphatic heterocycles. The lowest BCUT2D eigenvalue weighted by Gasteiger charge is -2.40. The Kier molecular flexibility index (Phi) is 6.81. The summed E-state index contributed by atoms with van der Waals surface area (Å²) in [5.74, 6) is -1.05. The SMILES string of the molecule is CC(C)C[C@@H](/C=C/C(=O)O)NC(=O)C1CCN1C(=O)OC(C)(C)C. The molecule has 2 atom stereocenters. The fourth-order valence-corrected chi connectivity index (χ4v) is 2.37. The van der Waals surface area contributed by atoms with Gasteiger partial charge in [0, 0.05) is 18.7 Å². The van der Waals surface area contributed by atoms with Crippen molar-refractivity contribution in [3.8, 4) is 0 Å². The van der Waals surface area contributed by atoms with Crippen molar-refractivity contribution < 1.29 is 24.2 Å². The average Bonchev–Trinajstić information content (AvgIpc) is 2.31. The first kappa shape index (κ1) is 20.0. The Labute approximate surface area is 143 Å². The van der Waals surface area contributed by atoms with Crippen LogP contribution in [0.25, 0.3) is 0 Å². The van der Waals surface area contributed by atoms with E-state index in [1.54, 1.807) is 20.8 Å². The number of hydrogen-bond acceptors (Lipinski definition) is 4. The van der Waals surface area contributed by atoms with Crippen molar-refractivity contribution in [3.05, 3.63) is 12.2 Å². The van der Waals surface area contributed by atoms with Crippen LogP contribution in [0.2, 0.25) is 0 Å². The molecule has 7 nitrogen and oxygen atoms in total. The maximum Gasteiger partial charge on any atom is 0.410 e. The Bertz CT molecular complexity index is 508. The summed E-state index contributed by atoms with van der Waals surface area (Å²) in [6, 6.07) is -0.942. The van der Waals surface area contributed by atoms with Crippen molar-refractivity contribution in [1.29, 1.82) is 0 Å². The fourth-order valence-electron chi connectivity index (χ4n) is 2.37. The van der Waals surface area contributed by atoms with Crippen LogP contribution in [0.4, 0.5) is 4.79 Å². The molecule has 1 heterocycles. The third kappa shape index (κ3) is 6.60. The van der Waals surface area contributed by atoms with Gasteiger partial charge in [0.1, 0.15) is 11.6 Å². The van der Waals surface area contributed by atoms with Gasteiger partial charge >= 0.3 is 12.1 Å². The molecule has 0 bridgehead atoms. The number of likely N-dealkylation sites (tertiary alicyclic amines) is 1. The predicted molar refractivity (Wildman–Crippen MR) is 89.5 cm³/mol. The van der Waals surface area contributed by atoms with Crippen molar-refractivity contribution >= 4 is 18.0 Å². The molecular weight excluding hydrogens is 312 g/mol. The minimum absolute atomic E-state index is 0.284. The van der Waals surface area contributed by atoms with Crippen LogP contribution in [-0.4, -0.2) is 52.2 Å². The highest BCUT2D eigenvalue weighted by Crippen LogP contribution is 2.22. The van der Waals surface area contributed by atoms with Crippen LogP contribution in [0.3, 0.4) is 0 Å².